The summed E-state index contributed by atoms with van der Waals surface area (Å²) in [4.78, 5) is 27.1. The van der Waals surface area contributed by atoms with Gasteiger partial charge in [-0.25, -0.2) is 4.39 Å². The Labute approximate surface area is 181 Å². The summed E-state index contributed by atoms with van der Waals surface area (Å²) >= 11 is 5.94. The number of halogens is 2. The monoisotopic (exact) mass is 445 g/mol. The van der Waals surface area contributed by atoms with E-state index >= 15 is 0 Å². The third-order valence-electron chi connectivity index (χ3n) is 5.00. The Morgan fingerprint density at radius 2 is 1.94 bits per heavy atom. The third kappa shape index (κ3) is 4.52. The van der Waals surface area contributed by atoms with Crippen LogP contribution in [0.25, 0.3) is 5.69 Å². The van der Waals surface area contributed by atoms with Gasteiger partial charge in [0.2, 0.25) is 0 Å². The van der Waals surface area contributed by atoms with Crippen LogP contribution in [0.1, 0.15) is 16.2 Å². The van der Waals surface area contributed by atoms with E-state index in [9.17, 15) is 19.3 Å². The van der Waals surface area contributed by atoms with E-state index < -0.39 is 10.8 Å². The second-order valence-electron chi connectivity index (χ2n) is 6.97. The fourth-order valence-electron chi connectivity index (χ4n) is 3.43. The number of hydrogen-bond donors (Lipinski definition) is 0. The summed E-state index contributed by atoms with van der Waals surface area (Å²) in [6.45, 7) is 2.21. The molecule has 1 saturated heterocycles. The molecule has 1 amide bonds. The Bertz CT molecular complexity index is 1130. The highest BCUT2D eigenvalue weighted by atomic mass is 35.5. The molecule has 2 aromatic carbocycles. The van der Waals surface area contributed by atoms with E-state index in [0.717, 1.165) is 0 Å². The van der Waals surface area contributed by atoms with Gasteiger partial charge < -0.3 is 4.90 Å². The van der Waals surface area contributed by atoms with Gasteiger partial charge in [0.25, 0.3) is 11.6 Å². The maximum absolute atomic E-state index is 13.5. The number of amides is 1. The summed E-state index contributed by atoms with van der Waals surface area (Å²) in [6.07, 6.45) is 0. The van der Waals surface area contributed by atoms with Crippen molar-refractivity contribution in [1.82, 2.24) is 30.0 Å². The van der Waals surface area contributed by atoms with E-state index in [1.54, 1.807) is 17.0 Å². The van der Waals surface area contributed by atoms with Crippen LogP contribution in [0.4, 0.5) is 10.1 Å². The van der Waals surface area contributed by atoms with Crippen molar-refractivity contribution in [3.8, 4) is 5.69 Å². The predicted molar refractivity (Wildman–Crippen MR) is 108 cm³/mol. The van der Waals surface area contributed by atoms with Crippen LogP contribution >= 0.6 is 11.6 Å². The Balaban J connectivity index is 1.43. The number of hydrogen-bond acceptors (Lipinski definition) is 7. The van der Waals surface area contributed by atoms with Crippen molar-refractivity contribution in [3.05, 3.63) is 74.8 Å². The number of tetrazole rings is 1. The van der Waals surface area contributed by atoms with Gasteiger partial charge in [0.15, 0.2) is 5.82 Å². The van der Waals surface area contributed by atoms with E-state index in [4.69, 9.17) is 11.6 Å². The molecule has 0 atom stereocenters. The normalized spacial score (nSPS) is 14.6. The first-order chi connectivity index (χ1) is 14.9. The van der Waals surface area contributed by atoms with Gasteiger partial charge in [0.1, 0.15) is 11.4 Å². The van der Waals surface area contributed by atoms with Crippen molar-refractivity contribution < 1.29 is 14.1 Å². The molecule has 1 aromatic heterocycles. The second kappa shape index (κ2) is 8.74. The van der Waals surface area contributed by atoms with Gasteiger partial charge in [-0.1, -0.05) is 17.7 Å². The van der Waals surface area contributed by atoms with Crippen LogP contribution in [-0.4, -0.2) is 67.0 Å². The zero-order valence-electron chi connectivity index (χ0n) is 16.2. The summed E-state index contributed by atoms with van der Waals surface area (Å²) in [5, 5.41) is 23.2. The van der Waals surface area contributed by atoms with Crippen LogP contribution in [0, 0.1) is 15.9 Å². The number of carbonyl (C=O) groups excluding carboxylic acids is 1. The lowest BCUT2D eigenvalue weighted by Crippen LogP contribution is -2.48. The predicted octanol–water partition coefficient (Wildman–Crippen LogP) is 2.32. The summed E-state index contributed by atoms with van der Waals surface area (Å²) in [6, 6.07) is 9.91. The quantitative estimate of drug-likeness (QED) is 0.437. The minimum atomic E-state index is -0.591. The SMILES string of the molecule is O=C(c1cc(Cl)ccc1[N+](=O)[O-])N1CCN(Cc2nnnn2-c2cccc(F)c2)CC1. The standard InChI is InChI=1S/C19H17ClFN7O3/c20-13-4-5-17(28(30)31)16(10-13)19(29)26-8-6-25(7-9-26)12-18-22-23-24-27(18)15-3-1-2-14(21)11-15/h1-5,10-11H,6-9,12H2. The highest BCUT2D eigenvalue weighted by Crippen LogP contribution is 2.25. The number of benzene rings is 2. The van der Waals surface area contributed by atoms with Gasteiger partial charge in [-0.3, -0.25) is 19.8 Å². The molecule has 0 spiro atoms. The minimum absolute atomic E-state index is 0.0269. The molecule has 0 bridgehead atoms. The minimum Gasteiger partial charge on any atom is -0.336 e. The second-order valence-corrected chi connectivity index (χ2v) is 7.41. The molecule has 31 heavy (non-hydrogen) atoms. The molecule has 0 aliphatic carbocycles. The molecule has 0 saturated carbocycles. The Morgan fingerprint density at radius 1 is 1.16 bits per heavy atom. The first-order valence-electron chi connectivity index (χ1n) is 9.41. The van der Waals surface area contributed by atoms with Crippen molar-refractivity contribution in [2.75, 3.05) is 26.2 Å². The molecule has 1 aliphatic heterocycles. The molecule has 1 aliphatic rings. The van der Waals surface area contributed by atoms with Crippen molar-refractivity contribution in [2.45, 2.75) is 6.54 Å². The van der Waals surface area contributed by atoms with Crippen LogP contribution in [0.15, 0.2) is 42.5 Å². The molecule has 10 nitrogen and oxygen atoms in total. The van der Waals surface area contributed by atoms with Crippen LogP contribution in [0.2, 0.25) is 5.02 Å². The lowest BCUT2D eigenvalue weighted by molar-refractivity contribution is -0.385. The number of piperazine rings is 1. The molecule has 1 fully saturated rings. The highest BCUT2D eigenvalue weighted by Gasteiger charge is 2.28. The zero-order valence-corrected chi connectivity index (χ0v) is 16.9. The molecule has 0 radical (unpaired) electrons. The molecule has 12 heteroatoms. The highest BCUT2D eigenvalue weighted by molar-refractivity contribution is 6.31. The molecule has 3 aromatic rings. The van der Waals surface area contributed by atoms with Gasteiger partial charge in [-0.2, -0.15) is 4.68 Å². The van der Waals surface area contributed by atoms with Crippen molar-refractivity contribution >= 4 is 23.2 Å². The van der Waals surface area contributed by atoms with Crippen molar-refractivity contribution in [1.29, 1.82) is 0 Å². The molecule has 160 valence electrons. The number of rotatable bonds is 5. The number of aromatic nitrogens is 4. The molecular weight excluding hydrogens is 429 g/mol. The van der Waals surface area contributed by atoms with Crippen LogP contribution in [0.5, 0.6) is 0 Å². The number of nitrogens with zero attached hydrogens (tertiary/aromatic N) is 7. The Kier molecular flexibility index (Phi) is 5.87. The summed E-state index contributed by atoms with van der Waals surface area (Å²) in [5.41, 5.74) is 0.217. The maximum Gasteiger partial charge on any atom is 0.282 e. The number of carbonyl (C=O) groups is 1. The zero-order chi connectivity index (χ0) is 22.0. The van der Waals surface area contributed by atoms with E-state index in [2.05, 4.69) is 20.4 Å². The fraction of sp³-hybridized carbons (Fsp3) is 0.263. The van der Waals surface area contributed by atoms with E-state index in [1.807, 2.05) is 0 Å². The van der Waals surface area contributed by atoms with Gasteiger partial charge in [-0.15, -0.1) is 5.10 Å². The molecule has 0 N–H and O–H groups in total. The van der Waals surface area contributed by atoms with Crippen LogP contribution < -0.4 is 0 Å². The Hall–Kier alpha value is -3.44. The largest absolute Gasteiger partial charge is 0.336 e. The summed E-state index contributed by atoms with van der Waals surface area (Å²) < 4.78 is 15.0. The molecule has 2 heterocycles. The van der Waals surface area contributed by atoms with E-state index in [0.29, 0.717) is 44.2 Å². The summed E-state index contributed by atoms with van der Waals surface area (Å²) in [7, 11) is 0. The van der Waals surface area contributed by atoms with Crippen LogP contribution in [0.3, 0.4) is 0 Å². The number of nitro benzene ring substituents is 1. The number of nitro groups is 1. The summed E-state index contributed by atoms with van der Waals surface area (Å²) in [5.74, 6) is -0.282. The average molecular weight is 446 g/mol. The van der Waals surface area contributed by atoms with Crippen molar-refractivity contribution in [3.63, 3.8) is 0 Å². The van der Waals surface area contributed by atoms with Gasteiger partial charge in [0.05, 0.1) is 17.2 Å². The maximum atomic E-state index is 13.5. The average Bonchev–Trinajstić information content (AvgIpc) is 3.21. The lowest BCUT2D eigenvalue weighted by atomic mass is 10.1. The molecular formula is C19H17ClFN7O3. The molecule has 0 unspecified atom stereocenters. The lowest BCUT2D eigenvalue weighted by Gasteiger charge is -2.34. The van der Waals surface area contributed by atoms with Gasteiger partial charge >= 0.3 is 0 Å². The van der Waals surface area contributed by atoms with E-state index in [-0.39, 0.29) is 22.1 Å². The molecule has 4 rings (SSSR count). The van der Waals surface area contributed by atoms with Gasteiger partial charge in [0, 0.05) is 37.3 Å². The van der Waals surface area contributed by atoms with Crippen LogP contribution in [-0.2, 0) is 6.54 Å². The fourth-order valence-corrected chi connectivity index (χ4v) is 3.60. The topological polar surface area (TPSA) is 110 Å². The Morgan fingerprint density at radius 3 is 2.65 bits per heavy atom. The van der Waals surface area contributed by atoms with Crippen molar-refractivity contribution in [2.24, 2.45) is 0 Å². The van der Waals surface area contributed by atoms with Gasteiger partial charge in [-0.05, 0) is 40.8 Å². The van der Waals surface area contributed by atoms with E-state index in [1.165, 1.54) is 35.0 Å². The first kappa shape index (κ1) is 20.8. The third-order valence-corrected chi connectivity index (χ3v) is 5.23. The first-order valence-corrected chi connectivity index (χ1v) is 9.79. The smallest absolute Gasteiger partial charge is 0.282 e.